The molecule has 0 fully saturated rings. The number of aromatic amines is 1. The molecule has 5 nitrogen and oxygen atoms in total. The number of para-hydroxylation sites is 2. The first-order valence-electron chi connectivity index (χ1n) is 10.6. The van der Waals surface area contributed by atoms with E-state index >= 15 is 0 Å². The monoisotopic (exact) mass is 406 g/mol. The van der Waals surface area contributed by atoms with Gasteiger partial charge in [0.15, 0.2) is 0 Å². The largest absolute Gasteiger partial charge is 0.361 e. The third-order valence-electron chi connectivity index (χ3n) is 6.22. The molecular formula is C26H22N4O. The highest BCUT2D eigenvalue weighted by Crippen LogP contribution is 2.31. The van der Waals surface area contributed by atoms with Crippen molar-refractivity contribution < 1.29 is 0 Å². The Labute approximate surface area is 179 Å². The molecule has 3 heterocycles. The molecule has 152 valence electrons. The molecule has 31 heavy (non-hydrogen) atoms. The molecule has 1 unspecified atom stereocenters. The van der Waals surface area contributed by atoms with Crippen molar-refractivity contribution in [1.82, 2.24) is 19.9 Å². The maximum Gasteiger partial charge on any atom is 0.262 e. The topological polar surface area (TPSA) is 62.7 Å². The van der Waals surface area contributed by atoms with E-state index in [-0.39, 0.29) is 17.8 Å². The van der Waals surface area contributed by atoms with Crippen LogP contribution in [0.25, 0.3) is 21.8 Å². The number of H-pyrrole nitrogens is 1. The van der Waals surface area contributed by atoms with Gasteiger partial charge in [-0.2, -0.15) is 0 Å². The van der Waals surface area contributed by atoms with E-state index in [9.17, 15) is 4.79 Å². The molecule has 0 amide bonds. The predicted molar refractivity (Wildman–Crippen MR) is 123 cm³/mol. The molecular weight excluding hydrogens is 384 g/mol. The van der Waals surface area contributed by atoms with Gasteiger partial charge in [0.2, 0.25) is 0 Å². The smallest absolute Gasteiger partial charge is 0.262 e. The highest BCUT2D eigenvalue weighted by Gasteiger charge is 2.33. The highest BCUT2D eigenvalue weighted by molar-refractivity contribution is 5.83. The third-order valence-corrected chi connectivity index (χ3v) is 6.22. The Hall–Kier alpha value is -3.70. The molecule has 3 aromatic carbocycles. The molecule has 1 aliphatic heterocycles. The van der Waals surface area contributed by atoms with Crippen LogP contribution in [0.5, 0.6) is 0 Å². The van der Waals surface area contributed by atoms with Crippen LogP contribution >= 0.6 is 0 Å². The Balaban J connectivity index is 1.46. The van der Waals surface area contributed by atoms with E-state index in [0.717, 1.165) is 29.7 Å². The van der Waals surface area contributed by atoms with Crippen LogP contribution < -0.4 is 10.9 Å². The van der Waals surface area contributed by atoms with Crippen molar-refractivity contribution in [2.24, 2.45) is 0 Å². The summed E-state index contributed by atoms with van der Waals surface area (Å²) in [6, 6.07) is 26.2. The summed E-state index contributed by atoms with van der Waals surface area (Å²) in [6.45, 7) is 0. The predicted octanol–water partition coefficient (Wildman–Crippen LogP) is 4.51. The van der Waals surface area contributed by atoms with Gasteiger partial charge >= 0.3 is 0 Å². The zero-order valence-electron chi connectivity index (χ0n) is 17.0. The fraction of sp³-hybridized carbons (Fsp3) is 0.154. The number of rotatable bonds is 4. The van der Waals surface area contributed by atoms with Crippen LogP contribution in [0.4, 0.5) is 0 Å². The van der Waals surface area contributed by atoms with Crippen LogP contribution in [0.15, 0.2) is 89.9 Å². The minimum atomic E-state index is -0.128. The van der Waals surface area contributed by atoms with Crippen LogP contribution in [0.1, 0.15) is 29.2 Å². The summed E-state index contributed by atoms with van der Waals surface area (Å²) in [5.74, 6) is 0.815. The minimum absolute atomic E-state index is 0.0236. The molecule has 6 rings (SSSR count). The number of aromatic nitrogens is 3. The first kappa shape index (κ1) is 18.1. The molecule has 5 heteroatoms. The zero-order valence-corrected chi connectivity index (χ0v) is 17.0. The average molecular weight is 406 g/mol. The lowest BCUT2D eigenvalue weighted by molar-refractivity contribution is 0.422. The molecule has 2 N–H and O–H groups in total. The van der Waals surface area contributed by atoms with E-state index in [0.29, 0.717) is 5.39 Å². The quantitative estimate of drug-likeness (QED) is 0.462. The van der Waals surface area contributed by atoms with E-state index in [1.165, 1.54) is 16.5 Å². The Morgan fingerprint density at radius 3 is 2.45 bits per heavy atom. The van der Waals surface area contributed by atoms with E-state index in [1.54, 1.807) is 0 Å². The van der Waals surface area contributed by atoms with Gasteiger partial charge in [-0.25, -0.2) is 4.98 Å². The summed E-state index contributed by atoms with van der Waals surface area (Å²) in [7, 11) is 0. The van der Waals surface area contributed by atoms with Gasteiger partial charge in [-0.1, -0.05) is 60.7 Å². The maximum atomic E-state index is 13.5. The molecule has 2 aromatic heterocycles. The lowest BCUT2D eigenvalue weighted by Crippen LogP contribution is -2.29. The van der Waals surface area contributed by atoms with Gasteiger partial charge in [0.05, 0.1) is 23.1 Å². The second-order valence-corrected chi connectivity index (χ2v) is 8.15. The first-order chi connectivity index (χ1) is 15.3. The molecule has 0 spiro atoms. The Kier molecular flexibility index (Phi) is 4.21. The zero-order chi connectivity index (χ0) is 20.8. The number of nitrogens with zero attached hydrogens (tertiary/aromatic N) is 2. The summed E-state index contributed by atoms with van der Waals surface area (Å²) in [5.41, 5.74) is 4.32. The van der Waals surface area contributed by atoms with Crippen LogP contribution in [0, 0.1) is 0 Å². The number of nitrogens with one attached hydrogen (secondary N) is 2. The van der Waals surface area contributed by atoms with Crippen molar-refractivity contribution in [2.75, 3.05) is 0 Å². The number of hydrogen-bond acceptors (Lipinski definition) is 3. The van der Waals surface area contributed by atoms with Gasteiger partial charge < -0.3 is 4.98 Å². The second kappa shape index (κ2) is 7.22. The van der Waals surface area contributed by atoms with Crippen LogP contribution in [-0.4, -0.2) is 14.5 Å². The third kappa shape index (κ3) is 3.05. The Morgan fingerprint density at radius 1 is 0.839 bits per heavy atom. The lowest BCUT2D eigenvalue weighted by atomic mass is 10.0. The van der Waals surface area contributed by atoms with E-state index < -0.39 is 0 Å². The average Bonchev–Trinajstić information content (AvgIpc) is 3.37. The van der Waals surface area contributed by atoms with Crippen molar-refractivity contribution in [2.45, 2.75) is 25.0 Å². The maximum absolute atomic E-state index is 13.5. The number of hydrogen-bond donors (Lipinski definition) is 2. The van der Waals surface area contributed by atoms with E-state index in [1.807, 2.05) is 53.1 Å². The van der Waals surface area contributed by atoms with Gasteiger partial charge in [0, 0.05) is 23.5 Å². The summed E-state index contributed by atoms with van der Waals surface area (Å²) in [4.78, 5) is 21.8. The van der Waals surface area contributed by atoms with E-state index in [4.69, 9.17) is 4.98 Å². The fourth-order valence-corrected chi connectivity index (χ4v) is 4.75. The molecule has 5 aromatic rings. The van der Waals surface area contributed by atoms with Gasteiger partial charge in [0.25, 0.3) is 5.56 Å². The van der Waals surface area contributed by atoms with Crippen molar-refractivity contribution in [3.05, 3.63) is 112 Å². The molecule has 2 atom stereocenters. The first-order valence-corrected chi connectivity index (χ1v) is 10.6. The normalized spacial score (nSPS) is 17.9. The van der Waals surface area contributed by atoms with Crippen molar-refractivity contribution in [1.29, 1.82) is 0 Å². The summed E-state index contributed by atoms with van der Waals surface area (Å²) < 4.78 is 1.87. The van der Waals surface area contributed by atoms with Crippen LogP contribution in [-0.2, 0) is 12.8 Å². The molecule has 0 radical (unpaired) electrons. The molecule has 0 saturated carbocycles. The highest BCUT2D eigenvalue weighted by atomic mass is 16.1. The van der Waals surface area contributed by atoms with Crippen LogP contribution in [0.3, 0.4) is 0 Å². The standard InChI is InChI=1S/C26H22N4O/c31-26-20-11-5-7-13-22(20)29-25-23(15-18-16-27-21-12-6-4-10-19(18)21)28-24(30(25)26)14-17-8-2-1-3-9-17/h1-13,16,23-24,27-28H,14-15H2/t23-,24?/m0/s1. The van der Waals surface area contributed by atoms with Crippen molar-refractivity contribution >= 4 is 21.8 Å². The minimum Gasteiger partial charge on any atom is -0.361 e. The Bertz CT molecular complexity index is 1450. The van der Waals surface area contributed by atoms with Gasteiger partial charge in [-0.3, -0.25) is 14.7 Å². The fourth-order valence-electron chi connectivity index (χ4n) is 4.75. The summed E-state index contributed by atoms with van der Waals surface area (Å²) >= 11 is 0. The summed E-state index contributed by atoms with van der Waals surface area (Å²) in [5, 5.41) is 5.59. The molecule has 1 aliphatic rings. The Morgan fingerprint density at radius 2 is 1.58 bits per heavy atom. The lowest BCUT2D eigenvalue weighted by Gasteiger charge is -2.15. The van der Waals surface area contributed by atoms with Crippen molar-refractivity contribution in [3.8, 4) is 0 Å². The molecule has 0 aliphatic carbocycles. The SMILES string of the molecule is O=c1c2ccccc2nc2n1C(Cc1ccccc1)N[C@H]2Cc1c[nH]c2ccccc12. The second-order valence-electron chi connectivity index (χ2n) is 8.15. The molecule has 0 bridgehead atoms. The van der Waals surface area contributed by atoms with Crippen molar-refractivity contribution in [3.63, 3.8) is 0 Å². The summed E-state index contributed by atoms with van der Waals surface area (Å²) in [6.07, 6.45) is 3.44. The van der Waals surface area contributed by atoms with Gasteiger partial charge in [-0.05, 0) is 35.7 Å². The number of benzene rings is 3. The number of fused-ring (bicyclic) bond motifs is 3. The van der Waals surface area contributed by atoms with Crippen LogP contribution in [0.2, 0.25) is 0 Å². The molecule has 0 saturated heterocycles. The van der Waals surface area contributed by atoms with E-state index in [2.05, 4.69) is 46.8 Å². The van der Waals surface area contributed by atoms with Gasteiger partial charge in [-0.15, -0.1) is 0 Å². The van der Waals surface area contributed by atoms with Gasteiger partial charge in [0.1, 0.15) is 5.82 Å².